The smallest absolute Gasteiger partial charge is 0.144 e. The van der Waals surface area contributed by atoms with Crippen molar-refractivity contribution in [3.63, 3.8) is 0 Å². The van der Waals surface area contributed by atoms with E-state index in [9.17, 15) is 0 Å². The highest BCUT2D eigenvalue weighted by molar-refractivity contribution is 5.52. The summed E-state index contributed by atoms with van der Waals surface area (Å²) in [6, 6.07) is 5.83. The van der Waals surface area contributed by atoms with Crippen LogP contribution < -0.4 is 5.32 Å². The van der Waals surface area contributed by atoms with E-state index in [0.717, 1.165) is 51.5 Å². The topological polar surface area (TPSA) is 61.2 Å². The monoisotopic (exact) mass is 260 g/mol. The van der Waals surface area contributed by atoms with Crippen LogP contribution in [0.25, 0.3) is 0 Å². The Labute approximate surface area is 114 Å². The summed E-state index contributed by atoms with van der Waals surface area (Å²) in [7, 11) is 0. The summed E-state index contributed by atoms with van der Waals surface area (Å²) in [6.07, 6.45) is 1.04. The summed E-state index contributed by atoms with van der Waals surface area (Å²) < 4.78 is 5.32. The summed E-state index contributed by atoms with van der Waals surface area (Å²) in [4.78, 5) is 6.76. The van der Waals surface area contributed by atoms with E-state index < -0.39 is 0 Å². The van der Waals surface area contributed by atoms with Crippen LogP contribution >= 0.6 is 0 Å². The maximum atomic E-state index is 9.02. The average Bonchev–Trinajstić information content (AvgIpc) is 2.45. The highest BCUT2D eigenvalue weighted by atomic mass is 16.5. The van der Waals surface area contributed by atoms with Crippen molar-refractivity contribution in [2.24, 2.45) is 0 Å². The average molecular weight is 260 g/mol. The van der Waals surface area contributed by atoms with Gasteiger partial charge in [-0.05, 0) is 32.0 Å². The maximum Gasteiger partial charge on any atom is 0.144 e. The lowest BCUT2D eigenvalue weighted by Gasteiger charge is -2.26. The molecule has 102 valence electrons. The minimum absolute atomic E-state index is 0.608. The molecular formula is C14H20N4O. The van der Waals surface area contributed by atoms with Crippen LogP contribution in [0.1, 0.15) is 17.7 Å². The molecule has 0 aliphatic carbocycles. The molecule has 1 aliphatic heterocycles. The normalized spacial score (nSPS) is 16.0. The van der Waals surface area contributed by atoms with Crippen molar-refractivity contribution in [1.29, 1.82) is 5.26 Å². The lowest BCUT2D eigenvalue weighted by Crippen LogP contribution is -2.37. The first-order chi connectivity index (χ1) is 9.29. The van der Waals surface area contributed by atoms with Gasteiger partial charge in [0.05, 0.1) is 18.8 Å². The number of morpholine rings is 1. The van der Waals surface area contributed by atoms with Gasteiger partial charge in [-0.25, -0.2) is 4.98 Å². The van der Waals surface area contributed by atoms with Gasteiger partial charge in [-0.2, -0.15) is 5.26 Å². The minimum atomic E-state index is 0.608. The number of aromatic nitrogens is 1. The number of hydrogen-bond acceptors (Lipinski definition) is 5. The second-order valence-corrected chi connectivity index (χ2v) is 4.69. The molecule has 5 nitrogen and oxygen atoms in total. The van der Waals surface area contributed by atoms with Gasteiger partial charge in [0.2, 0.25) is 0 Å². The molecule has 5 heteroatoms. The molecule has 0 atom stereocenters. The van der Waals surface area contributed by atoms with E-state index >= 15 is 0 Å². The van der Waals surface area contributed by atoms with Gasteiger partial charge in [0.15, 0.2) is 0 Å². The van der Waals surface area contributed by atoms with E-state index in [1.165, 1.54) is 0 Å². The fourth-order valence-electron chi connectivity index (χ4n) is 2.12. The summed E-state index contributed by atoms with van der Waals surface area (Å²) in [5, 5.41) is 12.3. The van der Waals surface area contributed by atoms with Gasteiger partial charge in [0.25, 0.3) is 0 Å². The summed E-state index contributed by atoms with van der Waals surface area (Å²) in [5.74, 6) is 0.699. The van der Waals surface area contributed by atoms with Crippen LogP contribution in [0.4, 0.5) is 5.82 Å². The molecule has 0 amide bonds. The van der Waals surface area contributed by atoms with Crippen LogP contribution in [0, 0.1) is 18.3 Å². The fourth-order valence-corrected chi connectivity index (χ4v) is 2.12. The molecule has 0 unspecified atom stereocenters. The van der Waals surface area contributed by atoms with E-state index in [0.29, 0.717) is 11.4 Å². The molecule has 2 rings (SSSR count). The predicted octanol–water partition coefficient (Wildman–Crippen LogP) is 1.40. The first-order valence-corrected chi connectivity index (χ1v) is 6.71. The van der Waals surface area contributed by atoms with Crippen LogP contribution in [0.15, 0.2) is 12.1 Å². The molecule has 0 aromatic carbocycles. The Bertz CT molecular complexity index is 449. The van der Waals surface area contributed by atoms with Gasteiger partial charge >= 0.3 is 0 Å². The van der Waals surface area contributed by atoms with Gasteiger partial charge in [-0.1, -0.05) is 0 Å². The van der Waals surface area contributed by atoms with E-state index in [1.54, 1.807) is 0 Å². The number of nitriles is 1. The van der Waals surface area contributed by atoms with Crippen LogP contribution in [0.2, 0.25) is 0 Å². The van der Waals surface area contributed by atoms with Crippen molar-refractivity contribution in [2.45, 2.75) is 13.3 Å². The third-order valence-corrected chi connectivity index (χ3v) is 3.20. The van der Waals surface area contributed by atoms with E-state index in [4.69, 9.17) is 10.00 Å². The number of nitrogens with zero attached hydrogens (tertiary/aromatic N) is 3. The fraction of sp³-hybridized carbons (Fsp3) is 0.571. The van der Waals surface area contributed by atoms with Crippen LogP contribution in [0.5, 0.6) is 0 Å². The Balaban J connectivity index is 1.76. The van der Waals surface area contributed by atoms with Crippen LogP contribution in [-0.4, -0.2) is 49.3 Å². The Hall–Kier alpha value is -1.64. The molecule has 0 bridgehead atoms. The number of anilines is 1. The molecule has 2 heterocycles. The molecule has 1 saturated heterocycles. The van der Waals surface area contributed by atoms with Crippen molar-refractivity contribution in [2.75, 3.05) is 44.7 Å². The molecule has 1 aromatic heterocycles. The van der Waals surface area contributed by atoms with Gasteiger partial charge in [-0.15, -0.1) is 0 Å². The zero-order valence-electron chi connectivity index (χ0n) is 11.4. The predicted molar refractivity (Wildman–Crippen MR) is 74.1 cm³/mol. The van der Waals surface area contributed by atoms with Gasteiger partial charge in [0, 0.05) is 25.3 Å². The van der Waals surface area contributed by atoms with Crippen molar-refractivity contribution in [1.82, 2.24) is 9.88 Å². The standard InChI is InChI=1S/C14H20N4O/c1-12-3-4-13(11-15)14(17-12)16-5-2-6-18-7-9-19-10-8-18/h3-4H,2,5-10H2,1H3,(H,16,17). The van der Waals surface area contributed by atoms with Crippen LogP contribution in [-0.2, 0) is 4.74 Å². The van der Waals surface area contributed by atoms with Crippen molar-refractivity contribution in [3.8, 4) is 6.07 Å². The van der Waals surface area contributed by atoms with E-state index in [1.807, 2.05) is 19.1 Å². The minimum Gasteiger partial charge on any atom is -0.379 e. The number of ether oxygens (including phenoxy) is 1. The Morgan fingerprint density at radius 3 is 2.95 bits per heavy atom. The molecular weight excluding hydrogens is 240 g/mol. The highest BCUT2D eigenvalue weighted by Gasteiger charge is 2.09. The second kappa shape index (κ2) is 7.07. The summed E-state index contributed by atoms with van der Waals surface area (Å²) >= 11 is 0. The molecule has 0 spiro atoms. The van der Waals surface area contributed by atoms with E-state index in [-0.39, 0.29) is 0 Å². The first-order valence-electron chi connectivity index (χ1n) is 6.71. The van der Waals surface area contributed by atoms with Gasteiger partial charge < -0.3 is 10.1 Å². The quantitative estimate of drug-likeness (QED) is 0.811. The third kappa shape index (κ3) is 4.19. The lowest BCUT2D eigenvalue weighted by molar-refractivity contribution is 0.0378. The molecule has 1 fully saturated rings. The van der Waals surface area contributed by atoms with Gasteiger partial charge in [-0.3, -0.25) is 4.90 Å². The Morgan fingerprint density at radius 2 is 2.21 bits per heavy atom. The molecule has 19 heavy (non-hydrogen) atoms. The van der Waals surface area contributed by atoms with E-state index in [2.05, 4.69) is 21.3 Å². The summed E-state index contributed by atoms with van der Waals surface area (Å²) in [6.45, 7) is 7.54. The zero-order valence-corrected chi connectivity index (χ0v) is 11.4. The van der Waals surface area contributed by atoms with Crippen LogP contribution in [0.3, 0.4) is 0 Å². The Kier molecular flexibility index (Phi) is 5.13. The molecule has 0 radical (unpaired) electrons. The highest BCUT2D eigenvalue weighted by Crippen LogP contribution is 2.12. The van der Waals surface area contributed by atoms with Crippen molar-refractivity contribution >= 4 is 5.82 Å². The lowest BCUT2D eigenvalue weighted by atomic mass is 10.2. The van der Waals surface area contributed by atoms with Crippen molar-refractivity contribution in [3.05, 3.63) is 23.4 Å². The third-order valence-electron chi connectivity index (χ3n) is 3.20. The Morgan fingerprint density at radius 1 is 1.42 bits per heavy atom. The molecule has 0 saturated carbocycles. The zero-order chi connectivity index (χ0) is 13.5. The summed E-state index contributed by atoms with van der Waals surface area (Å²) in [5.41, 5.74) is 1.53. The largest absolute Gasteiger partial charge is 0.379 e. The van der Waals surface area contributed by atoms with Gasteiger partial charge in [0.1, 0.15) is 11.9 Å². The molecule has 1 aromatic rings. The number of nitrogens with one attached hydrogen (secondary N) is 1. The van der Waals surface area contributed by atoms with Crippen molar-refractivity contribution < 1.29 is 4.74 Å². The number of aryl methyl sites for hydroxylation is 1. The SMILES string of the molecule is Cc1ccc(C#N)c(NCCCN2CCOCC2)n1. The molecule has 1 aliphatic rings. The first kappa shape index (κ1) is 13.8. The number of hydrogen-bond donors (Lipinski definition) is 1. The molecule has 1 N–H and O–H groups in total. The maximum absolute atomic E-state index is 9.02. The second-order valence-electron chi connectivity index (χ2n) is 4.69. The number of rotatable bonds is 5. The number of pyridine rings is 1.